The molecule has 1 aromatic rings. The molecule has 2 aliphatic rings. The molecule has 6 heteroatoms. The molecule has 0 saturated carbocycles. The van der Waals surface area contributed by atoms with E-state index in [0.717, 1.165) is 39.1 Å². The Bertz CT molecular complexity index is 628. The summed E-state index contributed by atoms with van der Waals surface area (Å²) in [5.74, 6) is 0.739. The van der Waals surface area contributed by atoms with Crippen LogP contribution in [0, 0.1) is 17.2 Å². The van der Waals surface area contributed by atoms with Gasteiger partial charge in [-0.15, -0.1) is 0 Å². The Balaban J connectivity index is 1.46. The molecule has 25 heavy (non-hydrogen) atoms. The van der Waals surface area contributed by atoms with Crippen LogP contribution in [0.1, 0.15) is 31.4 Å². The molecular weight excluding hydrogens is 314 g/mol. The van der Waals surface area contributed by atoms with Crippen molar-refractivity contribution < 1.29 is 4.79 Å². The minimum Gasteiger partial charge on any atom is -0.339 e. The molecule has 2 unspecified atom stereocenters. The number of carbonyl (C=O) groups excluding carboxylic acids is 1. The lowest BCUT2D eigenvalue weighted by Crippen LogP contribution is -2.53. The van der Waals surface area contributed by atoms with Crippen molar-refractivity contribution in [1.29, 1.82) is 5.26 Å². The molecule has 3 rings (SSSR count). The van der Waals surface area contributed by atoms with Gasteiger partial charge in [0.2, 0.25) is 5.91 Å². The molecule has 0 bridgehead atoms. The first kappa shape index (κ1) is 17.9. The second-order valence-electron chi connectivity index (χ2n) is 7.34. The molecule has 2 atom stereocenters. The minimum absolute atomic E-state index is 0.0996. The Morgan fingerprint density at radius 2 is 1.88 bits per heavy atom. The predicted molar refractivity (Wildman–Crippen MR) is 96.3 cm³/mol. The third-order valence-electron chi connectivity index (χ3n) is 5.21. The third-order valence-corrected chi connectivity index (χ3v) is 5.21. The number of piperazine rings is 1. The Kier molecular flexibility index (Phi) is 5.69. The zero-order chi connectivity index (χ0) is 17.8. The summed E-state index contributed by atoms with van der Waals surface area (Å²) in [4.78, 5) is 17.0. The highest BCUT2D eigenvalue weighted by molar-refractivity contribution is 5.82. The van der Waals surface area contributed by atoms with Crippen molar-refractivity contribution in [3.8, 4) is 6.07 Å². The molecule has 0 aliphatic carbocycles. The first-order valence-electron chi connectivity index (χ1n) is 9.08. The molecule has 2 saturated heterocycles. The Morgan fingerprint density at radius 3 is 2.44 bits per heavy atom. The first-order chi connectivity index (χ1) is 12.1. The highest BCUT2D eigenvalue weighted by Crippen LogP contribution is 2.16. The Hall–Kier alpha value is -1.94. The van der Waals surface area contributed by atoms with Crippen LogP contribution >= 0.6 is 0 Å². The van der Waals surface area contributed by atoms with E-state index in [2.05, 4.69) is 35.7 Å². The van der Waals surface area contributed by atoms with Crippen molar-refractivity contribution >= 4 is 5.91 Å². The van der Waals surface area contributed by atoms with Crippen molar-refractivity contribution in [3.63, 3.8) is 0 Å². The monoisotopic (exact) mass is 341 g/mol. The van der Waals surface area contributed by atoms with Gasteiger partial charge in [-0.05, 0) is 30.0 Å². The number of benzene rings is 1. The summed E-state index contributed by atoms with van der Waals surface area (Å²) >= 11 is 0. The third kappa shape index (κ3) is 4.37. The maximum absolute atomic E-state index is 12.7. The number of rotatable bonds is 4. The highest BCUT2D eigenvalue weighted by atomic mass is 16.2. The van der Waals surface area contributed by atoms with Crippen LogP contribution in [0.2, 0.25) is 0 Å². The van der Waals surface area contributed by atoms with Gasteiger partial charge in [-0.25, -0.2) is 5.43 Å². The molecule has 2 fully saturated rings. The number of carbonyl (C=O) groups is 1. The molecule has 2 N–H and O–H groups in total. The summed E-state index contributed by atoms with van der Waals surface area (Å²) in [7, 11) is 0. The summed E-state index contributed by atoms with van der Waals surface area (Å²) in [6.45, 7) is 8.55. The molecule has 1 amide bonds. The fraction of sp³-hybridized carbons (Fsp3) is 0.579. The van der Waals surface area contributed by atoms with Crippen LogP contribution in [-0.4, -0.2) is 54.0 Å². The van der Waals surface area contributed by atoms with Crippen molar-refractivity contribution in [3.05, 3.63) is 35.4 Å². The number of nitriles is 1. The Labute approximate surface area is 149 Å². The fourth-order valence-electron chi connectivity index (χ4n) is 3.47. The van der Waals surface area contributed by atoms with E-state index < -0.39 is 0 Å². The van der Waals surface area contributed by atoms with Crippen LogP contribution in [-0.2, 0) is 11.3 Å². The van der Waals surface area contributed by atoms with E-state index in [4.69, 9.17) is 5.26 Å². The van der Waals surface area contributed by atoms with Crippen LogP contribution in [0.5, 0.6) is 0 Å². The number of amides is 1. The van der Waals surface area contributed by atoms with E-state index in [-0.39, 0.29) is 11.9 Å². The van der Waals surface area contributed by atoms with Crippen LogP contribution in [0.4, 0.5) is 0 Å². The summed E-state index contributed by atoms with van der Waals surface area (Å²) < 4.78 is 0. The lowest BCUT2D eigenvalue weighted by atomic mass is 9.99. The number of hydrazine groups is 1. The van der Waals surface area contributed by atoms with Gasteiger partial charge in [0.15, 0.2) is 0 Å². The van der Waals surface area contributed by atoms with Crippen molar-refractivity contribution in [2.24, 2.45) is 5.92 Å². The first-order valence-corrected chi connectivity index (χ1v) is 9.08. The largest absolute Gasteiger partial charge is 0.339 e. The van der Waals surface area contributed by atoms with Gasteiger partial charge >= 0.3 is 0 Å². The van der Waals surface area contributed by atoms with Crippen LogP contribution in [0.25, 0.3) is 0 Å². The maximum Gasteiger partial charge on any atom is 0.241 e. The van der Waals surface area contributed by atoms with Gasteiger partial charge in [-0.1, -0.05) is 26.0 Å². The van der Waals surface area contributed by atoms with Crippen molar-refractivity contribution in [1.82, 2.24) is 20.7 Å². The zero-order valence-electron chi connectivity index (χ0n) is 15.0. The van der Waals surface area contributed by atoms with Crippen LogP contribution < -0.4 is 10.9 Å². The summed E-state index contributed by atoms with van der Waals surface area (Å²) in [5.41, 5.74) is 8.31. The highest BCUT2D eigenvalue weighted by Gasteiger charge is 2.34. The molecule has 2 heterocycles. The van der Waals surface area contributed by atoms with E-state index in [1.165, 1.54) is 5.56 Å². The molecule has 0 radical (unpaired) electrons. The van der Waals surface area contributed by atoms with Gasteiger partial charge in [-0.3, -0.25) is 15.1 Å². The molecule has 1 aromatic carbocycles. The Morgan fingerprint density at radius 1 is 1.20 bits per heavy atom. The van der Waals surface area contributed by atoms with Gasteiger partial charge in [0, 0.05) is 38.8 Å². The lowest BCUT2D eigenvalue weighted by Gasteiger charge is -2.35. The predicted octanol–water partition coefficient (Wildman–Crippen LogP) is 1.09. The lowest BCUT2D eigenvalue weighted by molar-refractivity contribution is -0.135. The number of nitrogens with one attached hydrogen (secondary N) is 2. The topological polar surface area (TPSA) is 71.4 Å². The zero-order valence-corrected chi connectivity index (χ0v) is 15.0. The standard InChI is InChI=1S/C19H27N5O/c1-14(2)17-11-18(22-21-17)19(25)24-9-7-23(8-10-24)13-16-5-3-15(12-20)4-6-16/h3-6,14,17-18,21-22H,7-11,13H2,1-2H3. The molecule has 134 valence electrons. The molecular formula is C19H27N5O. The van der Waals surface area contributed by atoms with Gasteiger partial charge in [0.1, 0.15) is 6.04 Å². The average Bonchev–Trinajstić information content (AvgIpc) is 3.13. The molecule has 2 aliphatic heterocycles. The van der Waals surface area contributed by atoms with Gasteiger partial charge < -0.3 is 4.90 Å². The SMILES string of the molecule is CC(C)C1CC(C(=O)N2CCN(Cc3ccc(C#N)cc3)CC2)NN1. The van der Waals surface area contributed by atoms with Gasteiger partial charge in [0.05, 0.1) is 11.6 Å². The van der Waals surface area contributed by atoms with E-state index in [9.17, 15) is 4.79 Å². The number of nitrogens with zero attached hydrogens (tertiary/aromatic N) is 3. The minimum atomic E-state index is -0.0996. The molecule has 6 nitrogen and oxygen atoms in total. The summed E-state index contributed by atoms with van der Waals surface area (Å²) in [6.07, 6.45) is 0.863. The quantitative estimate of drug-likeness (QED) is 0.858. The van der Waals surface area contributed by atoms with E-state index >= 15 is 0 Å². The summed E-state index contributed by atoms with van der Waals surface area (Å²) in [5, 5.41) is 8.86. The second-order valence-corrected chi connectivity index (χ2v) is 7.34. The van der Waals surface area contributed by atoms with E-state index in [1.807, 2.05) is 29.2 Å². The van der Waals surface area contributed by atoms with E-state index in [0.29, 0.717) is 17.5 Å². The smallest absolute Gasteiger partial charge is 0.241 e. The van der Waals surface area contributed by atoms with Crippen LogP contribution in [0.3, 0.4) is 0 Å². The average molecular weight is 341 g/mol. The van der Waals surface area contributed by atoms with Crippen molar-refractivity contribution in [2.75, 3.05) is 26.2 Å². The second kappa shape index (κ2) is 7.96. The maximum atomic E-state index is 12.7. The fourth-order valence-corrected chi connectivity index (χ4v) is 3.47. The van der Waals surface area contributed by atoms with E-state index in [1.54, 1.807) is 0 Å². The van der Waals surface area contributed by atoms with Gasteiger partial charge in [-0.2, -0.15) is 5.26 Å². The number of hydrogen-bond donors (Lipinski definition) is 2. The molecule has 0 spiro atoms. The van der Waals surface area contributed by atoms with Crippen molar-refractivity contribution in [2.45, 2.75) is 38.9 Å². The summed E-state index contributed by atoms with van der Waals surface area (Å²) in [6, 6.07) is 10.2. The molecule has 0 aromatic heterocycles. The van der Waals surface area contributed by atoms with Gasteiger partial charge in [0.25, 0.3) is 0 Å². The number of hydrogen-bond acceptors (Lipinski definition) is 5. The van der Waals surface area contributed by atoms with Crippen LogP contribution in [0.15, 0.2) is 24.3 Å². The normalized spacial score (nSPS) is 24.5.